The highest BCUT2D eigenvalue weighted by Gasteiger charge is 2.23. The second-order valence-electron chi connectivity index (χ2n) is 5.73. The Balaban J connectivity index is 2.03. The third kappa shape index (κ3) is 2.50. The topological polar surface area (TPSA) is 20.3 Å². The van der Waals surface area contributed by atoms with Crippen molar-refractivity contribution in [3.63, 3.8) is 0 Å². The molecular weight excluding hydrogens is 272 g/mol. The van der Waals surface area contributed by atoms with E-state index in [1.807, 2.05) is 0 Å². The Labute approximate surface area is 122 Å². The van der Waals surface area contributed by atoms with Crippen LogP contribution in [0.5, 0.6) is 0 Å². The van der Waals surface area contributed by atoms with Crippen LogP contribution in [0.25, 0.3) is 10.8 Å². The van der Waals surface area contributed by atoms with Crippen LogP contribution >= 0.6 is 0 Å². The molecule has 2 nitrogen and oxygen atoms in total. The third-order valence-corrected chi connectivity index (χ3v) is 4.24. The molecular formula is C17H17F2NO. The Hall–Kier alpha value is -1.97. The molecule has 1 fully saturated rings. The molecule has 1 heterocycles. The number of benzene rings is 2. The van der Waals surface area contributed by atoms with Gasteiger partial charge >= 0.3 is 0 Å². The Kier molecular flexibility index (Phi) is 3.62. The fourth-order valence-electron chi connectivity index (χ4n) is 2.89. The van der Waals surface area contributed by atoms with Crippen molar-refractivity contribution in [2.75, 3.05) is 13.1 Å². The molecule has 0 radical (unpaired) electrons. The molecule has 0 aromatic heterocycles. The van der Waals surface area contributed by atoms with Gasteiger partial charge in [-0.15, -0.1) is 0 Å². The van der Waals surface area contributed by atoms with Crippen LogP contribution in [-0.4, -0.2) is 23.9 Å². The van der Waals surface area contributed by atoms with Crippen LogP contribution in [-0.2, 0) is 0 Å². The number of likely N-dealkylation sites (tertiary alicyclic amines) is 1. The second kappa shape index (κ2) is 5.43. The highest BCUT2D eigenvalue weighted by molar-refractivity contribution is 6.07. The number of piperidine rings is 1. The minimum atomic E-state index is -0.632. The monoisotopic (exact) mass is 289 g/mol. The van der Waals surface area contributed by atoms with E-state index in [1.54, 1.807) is 11.0 Å². The normalized spacial score (nSPS) is 16.4. The molecule has 0 unspecified atom stereocenters. The summed E-state index contributed by atoms with van der Waals surface area (Å²) in [5.74, 6) is -0.784. The van der Waals surface area contributed by atoms with E-state index in [1.165, 1.54) is 24.3 Å². The summed E-state index contributed by atoms with van der Waals surface area (Å²) in [6.45, 7) is 3.58. The minimum absolute atomic E-state index is 0.103. The summed E-state index contributed by atoms with van der Waals surface area (Å²) in [4.78, 5) is 14.4. The maximum atomic E-state index is 13.8. The second-order valence-corrected chi connectivity index (χ2v) is 5.73. The lowest BCUT2D eigenvalue weighted by Gasteiger charge is -2.30. The van der Waals surface area contributed by atoms with Crippen LogP contribution in [0.15, 0.2) is 30.3 Å². The highest BCUT2D eigenvalue weighted by atomic mass is 19.1. The minimum Gasteiger partial charge on any atom is -0.339 e. The van der Waals surface area contributed by atoms with Crippen molar-refractivity contribution in [1.82, 2.24) is 4.90 Å². The van der Waals surface area contributed by atoms with Crippen LogP contribution in [0.2, 0.25) is 0 Å². The number of amides is 1. The van der Waals surface area contributed by atoms with Crippen molar-refractivity contribution in [2.24, 2.45) is 5.92 Å². The predicted octanol–water partition coefficient (Wildman–Crippen LogP) is 3.99. The van der Waals surface area contributed by atoms with E-state index in [-0.39, 0.29) is 11.3 Å². The van der Waals surface area contributed by atoms with E-state index in [4.69, 9.17) is 0 Å². The molecule has 110 valence electrons. The number of halogens is 2. The van der Waals surface area contributed by atoms with E-state index in [2.05, 4.69) is 6.92 Å². The molecule has 1 saturated heterocycles. The lowest BCUT2D eigenvalue weighted by atomic mass is 9.97. The highest BCUT2D eigenvalue weighted by Crippen LogP contribution is 2.27. The van der Waals surface area contributed by atoms with Crippen molar-refractivity contribution in [3.05, 3.63) is 47.5 Å². The Morgan fingerprint density at radius 1 is 1.10 bits per heavy atom. The number of carbonyl (C=O) groups is 1. The number of fused-ring (bicyclic) bond motifs is 1. The SMILES string of the molecule is CC1CCN(C(=O)c2ccc(F)c3c(F)cccc23)CC1. The average molecular weight is 289 g/mol. The van der Waals surface area contributed by atoms with Crippen LogP contribution in [0.1, 0.15) is 30.1 Å². The lowest BCUT2D eigenvalue weighted by Crippen LogP contribution is -2.38. The molecule has 1 aliphatic heterocycles. The van der Waals surface area contributed by atoms with Gasteiger partial charge in [0.1, 0.15) is 11.6 Å². The van der Waals surface area contributed by atoms with Gasteiger partial charge in [-0.2, -0.15) is 0 Å². The molecule has 1 aliphatic rings. The zero-order valence-corrected chi connectivity index (χ0v) is 11.9. The Morgan fingerprint density at radius 3 is 2.48 bits per heavy atom. The van der Waals surface area contributed by atoms with Gasteiger partial charge in [0.15, 0.2) is 0 Å². The predicted molar refractivity (Wildman–Crippen MR) is 78.2 cm³/mol. The standard InChI is InChI=1S/C17H17F2NO/c1-11-7-9-20(10-8-11)17(21)13-5-6-15(19)16-12(13)3-2-4-14(16)18/h2-6,11H,7-10H2,1H3. The van der Waals surface area contributed by atoms with Gasteiger partial charge in [-0.25, -0.2) is 8.78 Å². The largest absolute Gasteiger partial charge is 0.339 e. The summed E-state index contributed by atoms with van der Waals surface area (Å²) >= 11 is 0. The molecule has 3 rings (SSSR count). The summed E-state index contributed by atoms with van der Waals surface area (Å²) in [6, 6.07) is 6.94. The van der Waals surface area contributed by atoms with Crippen LogP contribution < -0.4 is 0 Å². The fraction of sp³-hybridized carbons (Fsp3) is 0.353. The summed E-state index contributed by atoms with van der Waals surface area (Å²) in [6.07, 6.45) is 1.94. The molecule has 0 N–H and O–H groups in total. The van der Waals surface area contributed by atoms with Crippen molar-refractivity contribution in [3.8, 4) is 0 Å². The zero-order valence-electron chi connectivity index (χ0n) is 11.9. The molecule has 21 heavy (non-hydrogen) atoms. The Bertz CT molecular complexity index is 682. The van der Waals surface area contributed by atoms with E-state index in [0.29, 0.717) is 30.0 Å². The van der Waals surface area contributed by atoms with Gasteiger partial charge in [0.25, 0.3) is 5.91 Å². The van der Waals surface area contributed by atoms with E-state index >= 15 is 0 Å². The molecule has 2 aromatic carbocycles. The maximum Gasteiger partial charge on any atom is 0.254 e. The quantitative estimate of drug-likeness (QED) is 0.777. The molecule has 4 heteroatoms. The molecule has 1 amide bonds. The smallest absolute Gasteiger partial charge is 0.254 e. The Morgan fingerprint density at radius 2 is 1.76 bits per heavy atom. The summed E-state index contributed by atoms with van der Waals surface area (Å²) < 4.78 is 27.6. The van der Waals surface area contributed by atoms with E-state index < -0.39 is 11.6 Å². The van der Waals surface area contributed by atoms with Gasteiger partial charge in [-0.3, -0.25) is 4.79 Å². The van der Waals surface area contributed by atoms with Gasteiger partial charge in [-0.05, 0) is 37.0 Å². The average Bonchev–Trinajstić information content (AvgIpc) is 2.48. The van der Waals surface area contributed by atoms with Crippen molar-refractivity contribution >= 4 is 16.7 Å². The van der Waals surface area contributed by atoms with E-state index in [9.17, 15) is 13.6 Å². The first-order valence-electron chi connectivity index (χ1n) is 7.24. The number of hydrogen-bond donors (Lipinski definition) is 0. The van der Waals surface area contributed by atoms with Crippen LogP contribution in [0, 0.1) is 17.6 Å². The summed E-state index contributed by atoms with van der Waals surface area (Å²) in [5, 5.41) is 0.243. The van der Waals surface area contributed by atoms with Crippen molar-refractivity contribution in [1.29, 1.82) is 0 Å². The molecule has 0 bridgehead atoms. The van der Waals surface area contributed by atoms with Crippen molar-refractivity contribution in [2.45, 2.75) is 19.8 Å². The van der Waals surface area contributed by atoms with Crippen LogP contribution in [0.3, 0.4) is 0 Å². The first-order valence-corrected chi connectivity index (χ1v) is 7.24. The number of nitrogens with zero attached hydrogens (tertiary/aromatic N) is 1. The number of rotatable bonds is 1. The summed E-state index contributed by atoms with van der Waals surface area (Å²) in [5.41, 5.74) is 0.375. The number of carbonyl (C=O) groups excluding carboxylic acids is 1. The van der Waals surface area contributed by atoms with Gasteiger partial charge in [-0.1, -0.05) is 19.1 Å². The zero-order chi connectivity index (χ0) is 15.0. The summed E-state index contributed by atoms with van der Waals surface area (Å²) in [7, 11) is 0. The lowest BCUT2D eigenvalue weighted by molar-refractivity contribution is 0.0699. The first-order chi connectivity index (χ1) is 10.1. The van der Waals surface area contributed by atoms with E-state index in [0.717, 1.165) is 12.8 Å². The fourth-order valence-corrected chi connectivity index (χ4v) is 2.89. The van der Waals surface area contributed by atoms with Gasteiger partial charge < -0.3 is 4.90 Å². The van der Waals surface area contributed by atoms with Crippen molar-refractivity contribution < 1.29 is 13.6 Å². The third-order valence-electron chi connectivity index (χ3n) is 4.24. The number of hydrogen-bond acceptors (Lipinski definition) is 1. The first kappa shape index (κ1) is 14.0. The van der Waals surface area contributed by atoms with Crippen LogP contribution in [0.4, 0.5) is 8.78 Å². The molecule has 0 saturated carbocycles. The van der Waals surface area contributed by atoms with Gasteiger partial charge in [0.05, 0.1) is 5.39 Å². The molecule has 2 aromatic rings. The van der Waals surface area contributed by atoms with Gasteiger partial charge in [0.2, 0.25) is 0 Å². The molecule has 0 spiro atoms. The molecule has 0 aliphatic carbocycles. The van der Waals surface area contributed by atoms with Gasteiger partial charge in [0, 0.05) is 24.0 Å². The maximum absolute atomic E-state index is 13.8. The molecule has 0 atom stereocenters.